The molecule has 0 atom stereocenters. The topological polar surface area (TPSA) is 115 Å². The second kappa shape index (κ2) is 9.57. The molecule has 3 N–H and O–H groups in total. The highest BCUT2D eigenvalue weighted by Gasteiger charge is 2.10. The summed E-state index contributed by atoms with van der Waals surface area (Å²) in [6.45, 7) is 0. The lowest BCUT2D eigenvalue weighted by Crippen LogP contribution is -2.02. The van der Waals surface area contributed by atoms with Gasteiger partial charge in [0.15, 0.2) is 24.4 Å². The summed E-state index contributed by atoms with van der Waals surface area (Å²) in [5, 5.41) is 8.81. The SMILES string of the molecule is COc1cc(NOC#CONc2cccc(CC(=O)O)c2)ccc1-c1cnco1. The van der Waals surface area contributed by atoms with Gasteiger partial charge < -0.3 is 23.9 Å². The quantitative estimate of drug-likeness (QED) is 0.390. The van der Waals surface area contributed by atoms with Crippen molar-refractivity contribution in [3.05, 3.63) is 60.6 Å². The van der Waals surface area contributed by atoms with Crippen LogP contribution in [0.1, 0.15) is 5.56 Å². The predicted octanol–water partition coefficient (Wildman–Crippen LogP) is 3.28. The molecule has 0 unspecified atom stereocenters. The van der Waals surface area contributed by atoms with Crippen molar-refractivity contribution < 1.29 is 28.7 Å². The smallest absolute Gasteiger partial charge is 0.307 e. The van der Waals surface area contributed by atoms with Crippen LogP contribution in [-0.4, -0.2) is 23.2 Å². The molecule has 0 saturated heterocycles. The summed E-state index contributed by atoms with van der Waals surface area (Å²) in [7, 11) is 1.55. The van der Waals surface area contributed by atoms with Gasteiger partial charge in [-0.25, -0.2) is 15.9 Å². The van der Waals surface area contributed by atoms with Crippen molar-refractivity contribution in [1.29, 1.82) is 0 Å². The molecule has 3 rings (SSSR count). The van der Waals surface area contributed by atoms with E-state index >= 15 is 0 Å². The summed E-state index contributed by atoms with van der Waals surface area (Å²) >= 11 is 0. The van der Waals surface area contributed by atoms with Crippen molar-refractivity contribution in [3.63, 3.8) is 0 Å². The molecule has 3 aromatic rings. The Morgan fingerprint density at radius 1 is 1.14 bits per heavy atom. The number of ether oxygens (including phenoxy) is 1. The highest BCUT2D eigenvalue weighted by molar-refractivity contribution is 5.71. The molecule has 148 valence electrons. The average molecular weight is 395 g/mol. The molecule has 0 aliphatic carbocycles. The van der Waals surface area contributed by atoms with Gasteiger partial charge in [-0.15, -0.1) is 0 Å². The number of carboxylic acids is 1. The highest BCUT2D eigenvalue weighted by atomic mass is 16.7. The third-order valence-electron chi connectivity index (χ3n) is 3.66. The second-order valence-electron chi connectivity index (χ2n) is 5.66. The van der Waals surface area contributed by atoms with Crippen LogP contribution in [-0.2, 0) is 20.9 Å². The van der Waals surface area contributed by atoms with E-state index in [1.807, 2.05) is 0 Å². The maximum atomic E-state index is 10.7. The van der Waals surface area contributed by atoms with Gasteiger partial charge in [0.05, 0.1) is 36.7 Å². The Bertz CT molecular complexity index is 1020. The Balaban J connectivity index is 1.50. The van der Waals surface area contributed by atoms with Crippen LogP contribution >= 0.6 is 0 Å². The molecule has 0 saturated carbocycles. The van der Waals surface area contributed by atoms with Crippen molar-refractivity contribution in [2.45, 2.75) is 6.42 Å². The van der Waals surface area contributed by atoms with Gasteiger partial charge in [-0.1, -0.05) is 12.1 Å². The number of anilines is 2. The Morgan fingerprint density at radius 3 is 2.55 bits per heavy atom. The van der Waals surface area contributed by atoms with Gasteiger partial charge in [-0.3, -0.25) is 4.79 Å². The van der Waals surface area contributed by atoms with E-state index in [4.69, 9.17) is 23.9 Å². The van der Waals surface area contributed by atoms with Crippen LogP contribution in [0.2, 0.25) is 0 Å². The number of aliphatic carboxylic acids is 1. The molecule has 0 bridgehead atoms. The van der Waals surface area contributed by atoms with Crippen LogP contribution in [0.3, 0.4) is 0 Å². The number of aromatic nitrogens is 1. The van der Waals surface area contributed by atoms with Gasteiger partial charge in [0, 0.05) is 6.07 Å². The zero-order valence-corrected chi connectivity index (χ0v) is 15.3. The number of nitrogens with one attached hydrogen (secondary N) is 2. The molecule has 9 heteroatoms. The van der Waals surface area contributed by atoms with Gasteiger partial charge in [-0.05, 0) is 29.8 Å². The van der Waals surface area contributed by atoms with Gasteiger partial charge in [-0.2, -0.15) is 0 Å². The molecular formula is C20H17N3O6. The van der Waals surface area contributed by atoms with Crippen LogP contribution in [0.5, 0.6) is 5.75 Å². The first kappa shape index (κ1) is 19.4. The maximum absolute atomic E-state index is 10.7. The average Bonchev–Trinajstić information content (AvgIpc) is 3.25. The lowest BCUT2D eigenvalue weighted by molar-refractivity contribution is -0.136. The molecule has 1 aromatic heterocycles. The number of rotatable bonds is 8. The van der Waals surface area contributed by atoms with E-state index < -0.39 is 5.97 Å². The van der Waals surface area contributed by atoms with Gasteiger partial charge in [0.1, 0.15) is 5.75 Å². The van der Waals surface area contributed by atoms with Crippen LogP contribution in [0.25, 0.3) is 11.3 Å². The summed E-state index contributed by atoms with van der Waals surface area (Å²) in [6.07, 6.45) is 7.49. The Kier molecular flexibility index (Phi) is 6.41. The van der Waals surface area contributed by atoms with Gasteiger partial charge >= 0.3 is 5.97 Å². The minimum absolute atomic E-state index is 0.0765. The monoisotopic (exact) mass is 395 g/mol. The molecule has 2 aromatic carbocycles. The van der Waals surface area contributed by atoms with E-state index in [9.17, 15) is 4.79 Å². The molecule has 1 heterocycles. The van der Waals surface area contributed by atoms with E-state index in [0.29, 0.717) is 28.4 Å². The van der Waals surface area contributed by atoms with Crippen molar-refractivity contribution in [1.82, 2.24) is 4.98 Å². The molecule has 0 aliphatic rings. The number of hydrogen-bond donors (Lipinski definition) is 3. The second-order valence-corrected chi connectivity index (χ2v) is 5.66. The zero-order valence-electron chi connectivity index (χ0n) is 15.3. The van der Waals surface area contributed by atoms with Crippen molar-refractivity contribution in [3.8, 4) is 29.3 Å². The minimum atomic E-state index is -0.909. The first-order chi connectivity index (χ1) is 14.2. The first-order valence-electron chi connectivity index (χ1n) is 8.37. The summed E-state index contributed by atoms with van der Waals surface area (Å²) < 4.78 is 10.6. The number of carboxylic acid groups (broad SMARTS) is 1. The molecule has 0 amide bonds. The van der Waals surface area contributed by atoms with Crippen molar-refractivity contribution in [2.24, 2.45) is 0 Å². The number of carbonyl (C=O) groups is 1. The molecule has 0 radical (unpaired) electrons. The van der Waals surface area contributed by atoms with Crippen LogP contribution < -0.4 is 15.7 Å². The summed E-state index contributed by atoms with van der Waals surface area (Å²) in [4.78, 5) is 24.6. The largest absolute Gasteiger partial charge is 0.496 e. The van der Waals surface area contributed by atoms with E-state index in [1.54, 1.807) is 55.8 Å². The third-order valence-corrected chi connectivity index (χ3v) is 3.66. The first-order valence-corrected chi connectivity index (χ1v) is 8.37. The van der Waals surface area contributed by atoms with Gasteiger partial charge in [0.25, 0.3) is 0 Å². The highest BCUT2D eigenvalue weighted by Crippen LogP contribution is 2.32. The Labute approximate surface area is 166 Å². The van der Waals surface area contributed by atoms with Crippen LogP contribution in [0.4, 0.5) is 11.4 Å². The predicted molar refractivity (Wildman–Crippen MR) is 103 cm³/mol. The summed E-state index contributed by atoms with van der Waals surface area (Å²) in [5.41, 5.74) is 7.80. The minimum Gasteiger partial charge on any atom is -0.496 e. The zero-order chi connectivity index (χ0) is 20.5. The Hall–Kier alpha value is -4.32. The Morgan fingerprint density at radius 2 is 1.90 bits per heavy atom. The molecule has 0 aliphatic heterocycles. The number of oxazole rings is 1. The van der Waals surface area contributed by atoms with Crippen molar-refractivity contribution in [2.75, 3.05) is 18.1 Å². The molecule has 0 spiro atoms. The molecule has 0 fully saturated rings. The molecule has 9 nitrogen and oxygen atoms in total. The molecular weight excluding hydrogens is 378 g/mol. The summed E-state index contributed by atoms with van der Waals surface area (Å²) in [6, 6.07) is 12.1. The lowest BCUT2D eigenvalue weighted by atomic mass is 10.1. The van der Waals surface area contributed by atoms with Crippen molar-refractivity contribution >= 4 is 17.3 Å². The standard InChI is InChI=1S/C20H17N3O6/c1-26-18-11-16(5-6-17(18)19-12-21-13-27-19)23-29-8-7-28-22-15-4-2-3-14(9-15)10-20(24)25/h2-6,9,11-13,22-23H,10H2,1H3,(H,24,25). The van der Waals surface area contributed by atoms with Gasteiger partial charge in [0.2, 0.25) is 0 Å². The number of methoxy groups -OCH3 is 1. The fourth-order valence-electron chi connectivity index (χ4n) is 2.44. The van der Waals surface area contributed by atoms with Crippen LogP contribution in [0.15, 0.2) is 59.5 Å². The maximum Gasteiger partial charge on any atom is 0.307 e. The number of benzene rings is 2. The van der Waals surface area contributed by atoms with E-state index in [1.165, 1.54) is 6.39 Å². The lowest BCUT2D eigenvalue weighted by Gasteiger charge is -2.08. The fourth-order valence-corrected chi connectivity index (χ4v) is 2.44. The number of nitrogens with zero attached hydrogens (tertiary/aromatic N) is 1. The third kappa shape index (κ3) is 5.58. The van der Waals surface area contributed by atoms with E-state index in [-0.39, 0.29) is 6.42 Å². The van der Waals surface area contributed by atoms with E-state index in [0.717, 1.165) is 5.56 Å². The van der Waals surface area contributed by atoms with E-state index in [2.05, 4.69) is 28.2 Å². The molecule has 29 heavy (non-hydrogen) atoms. The summed E-state index contributed by atoms with van der Waals surface area (Å²) in [5.74, 6) is 0.247. The number of hydrogen-bond acceptors (Lipinski definition) is 8. The van der Waals surface area contributed by atoms with Crippen LogP contribution in [0, 0.1) is 12.2 Å². The fraction of sp³-hybridized carbons (Fsp3) is 0.100. The normalized spacial score (nSPS) is 9.69.